The van der Waals surface area contributed by atoms with Gasteiger partial charge in [0.05, 0.1) is 25.3 Å². The Labute approximate surface area is 195 Å². The van der Waals surface area contributed by atoms with E-state index >= 15 is 0 Å². The number of aromatic nitrogens is 1. The van der Waals surface area contributed by atoms with E-state index in [4.69, 9.17) is 9.47 Å². The molecule has 1 aromatic heterocycles. The number of carbonyl (C=O) groups is 2. The van der Waals surface area contributed by atoms with E-state index in [9.17, 15) is 9.59 Å². The van der Waals surface area contributed by atoms with E-state index in [0.717, 1.165) is 28.1 Å². The molecule has 0 saturated heterocycles. The van der Waals surface area contributed by atoms with Gasteiger partial charge in [0.2, 0.25) is 11.8 Å². The smallest absolute Gasteiger partial charge is 0.308 e. The highest BCUT2D eigenvalue weighted by Crippen LogP contribution is 2.31. The highest BCUT2D eigenvalue weighted by atomic mass is 16.5. The number of amides is 1. The lowest BCUT2D eigenvalue weighted by atomic mass is 9.81. The van der Waals surface area contributed by atoms with Crippen LogP contribution in [-0.4, -0.2) is 30.6 Å². The van der Waals surface area contributed by atoms with Crippen LogP contribution in [0.3, 0.4) is 0 Å². The molecular weight excluding hydrogens is 418 g/mol. The molecular formula is C26H33N3O4. The largest absolute Gasteiger partial charge is 0.481 e. The second-order valence-corrected chi connectivity index (χ2v) is 8.38. The molecule has 0 atom stereocenters. The summed E-state index contributed by atoms with van der Waals surface area (Å²) in [6.45, 7) is 8.94. The van der Waals surface area contributed by atoms with Gasteiger partial charge in [0.15, 0.2) is 0 Å². The first-order chi connectivity index (χ1) is 15.9. The molecule has 0 spiro atoms. The number of ether oxygens (including phenoxy) is 2. The second-order valence-electron chi connectivity index (χ2n) is 8.38. The van der Waals surface area contributed by atoms with E-state index in [1.54, 1.807) is 13.3 Å². The van der Waals surface area contributed by atoms with E-state index in [2.05, 4.69) is 22.2 Å². The summed E-state index contributed by atoms with van der Waals surface area (Å²) in [5, 5.41) is 6.41. The number of carbonyl (C=O) groups excluding carboxylic acids is 2. The van der Waals surface area contributed by atoms with Crippen molar-refractivity contribution in [3.8, 4) is 5.88 Å². The fourth-order valence-corrected chi connectivity index (χ4v) is 4.04. The Morgan fingerprint density at radius 2 is 1.85 bits per heavy atom. The van der Waals surface area contributed by atoms with Gasteiger partial charge in [-0.15, -0.1) is 0 Å². The first-order valence-electron chi connectivity index (χ1n) is 11.4. The van der Waals surface area contributed by atoms with E-state index in [1.807, 2.05) is 44.2 Å². The summed E-state index contributed by atoms with van der Waals surface area (Å²) in [7, 11) is 1.59. The first kappa shape index (κ1) is 24.3. The number of rotatable bonds is 9. The maximum atomic E-state index is 13.0. The maximum absolute atomic E-state index is 13.0. The molecule has 7 heteroatoms. The van der Waals surface area contributed by atoms with Crippen LogP contribution in [-0.2, 0) is 20.9 Å². The maximum Gasteiger partial charge on any atom is 0.308 e. The van der Waals surface area contributed by atoms with Crippen molar-refractivity contribution < 1.29 is 19.1 Å². The molecule has 0 aliphatic heterocycles. The van der Waals surface area contributed by atoms with Gasteiger partial charge in [-0.05, 0) is 57.2 Å². The van der Waals surface area contributed by atoms with Crippen molar-refractivity contribution in [2.45, 2.75) is 46.1 Å². The van der Waals surface area contributed by atoms with Crippen LogP contribution in [0.2, 0.25) is 0 Å². The fraction of sp³-hybridized carbons (Fsp3) is 0.423. The standard InChI is InChI=1S/C26H33N3O4/c1-5-33-26(31)21-10-8-20(9-11-21)25(30)29-23-12-6-17(2)14-22(23)18(3)27-15-19-7-13-24(32-4)28-16-19/h6-7,12-14,16,20-21,27H,3,5,8-11,15H2,1-2,4H3,(H,29,30). The van der Waals surface area contributed by atoms with Crippen molar-refractivity contribution in [3.05, 3.63) is 59.8 Å². The molecule has 1 amide bonds. The molecule has 1 aromatic carbocycles. The summed E-state index contributed by atoms with van der Waals surface area (Å²) >= 11 is 0. The Hall–Kier alpha value is -3.35. The summed E-state index contributed by atoms with van der Waals surface area (Å²) in [5.74, 6) is 0.190. The molecule has 2 N–H and O–H groups in total. The number of benzene rings is 1. The highest BCUT2D eigenvalue weighted by molar-refractivity contribution is 5.95. The predicted octanol–water partition coefficient (Wildman–Crippen LogP) is 4.47. The molecule has 1 aliphatic rings. The Balaban J connectivity index is 1.61. The zero-order chi connectivity index (χ0) is 23.8. The number of esters is 1. The lowest BCUT2D eigenvalue weighted by molar-refractivity contribution is -0.149. The van der Waals surface area contributed by atoms with Crippen molar-refractivity contribution in [2.24, 2.45) is 11.8 Å². The normalized spacial score (nSPS) is 17.7. The first-order valence-corrected chi connectivity index (χ1v) is 11.4. The Morgan fingerprint density at radius 3 is 2.48 bits per heavy atom. The number of nitrogens with one attached hydrogen (secondary N) is 2. The quantitative estimate of drug-likeness (QED) is 0.547. The third-order valence-corrected chi connectivity index (χ3v) is 5.99. The van der Waals surface area contributed by atoms with Gasteiger partial charge in [-0.3, -0.25) is 9.59 Å². The molecule has 1 saturated carbocycles. The second kappa shape index (κ2) is 11.5. The van der Waals surface area contributed by atoms with Gasteiger partial charge in [-0.25, -0.2) is 4.98 Å². The summed E-state index contributed by atoms with van der Waals surface area (Å²) in [5.41, 5.74) is 4.37. The third-order valence-electron chi connectivity index (χ3n) is 5.99. The molecule has 0 unspecified atom stereocenters. The lowest BCUT2D eigenvalue weighted by Crippen LogP contribution is -2.30. The number of hydrogen-bond acceptors (Lipinski definition) is 6. The Bertz CT molecular complexity index is 980. The fourth-order valence-electron chi connectivity index (χ4n) is 4.04. The van der Waals surface area contributed by atoms with Crippen LogP contribution in [0.15, 0.2) is 43.1 Å². The van der Waals surface area contributed by atoms with Crippen LogP contribution in [0, 0.1) is 18.8 Å². The van der Waals surface area contributed by atoms with Crippen molar-refractivity contribution in [2.75, 3.05) is 19.0 Å². The van der Waals surface area contributed by atoms with Crippen LogP contribution < -0.4 is 15.4 Å². The molecule has 1 fully saturated rings. The van der Waals surface area contributed by atoms with Gasteiger partial charge in [-0.1, -0.05) is 24.3 Å². The minimum Gasteiger partial charge on any atom is -0.481 e. The van der Waals surface area contributed by atoms with Crippen molar-refractivity contribution in [1.29, 1.82) is 0 Å². The number of aryl methyl sites for hydroxylation is 1. The summed E-state index contributed by atoms with van der Waals surface area (Å²) in [6.07, 6.45) is 4.48. The van der Waals surface area contributed by atoms with Gasteiger partial charge in [0.25, 0.3) is 0 Å². The number of methoxy groups -OCH3 is 1. The van der Waals surface area contributed by atoms with Crippen molar-refractivity contribution >= 4 is 23.3 Å². The molecule has 2 aromatic rings. The minimum absolute atomic E-state index is 0.0189. The van der Waals surface area contributed by atoms with Gasteiger partial charge in [-0.2, -0.15) is 0 Å². The molecule has 7 nitrogen and oxygen atoms in total. The molecule has 33 heavy (non-hydrogen) atoms. The number of hydrogen-bond donors (Lipinski definition) is 2. The summed E-state index contributed by atoms with van der Waals surface area (Å²) in [4.78, 5) is 29.2. The average Bonchev–Trinajstić information content (AvgIpc) is 2.84. The summed E-state index contributed by atoms with van der Waals surface area (Å²) < 4.78 is 10.2. The topological polar surface area (TPSA) is 89.5 Å². The van der Waals surface area contributed by atoms with Crippen molar-refractivity contribution in [1.82, 2.24) is 10.3 Å². The average molecular weight is 452 g/mol. The van der Waals surface area contributed by atoms with E-state index in [0.29, 0.717) is 44.7 Å². The molecule has 1 heterocycles. The van der Waals surface area contributed by atoms with E-state index in [-0.39, 0.29) is 23.7 Å². The molecule has 176 valence electrons. The third kappa shape index (κ3) is 6.57. The predicted molar refractivity (Wildman–Crippen MR) is 129 cm³/mol. The molecule has 1 aliphatic carbocycles. The number of pyridine rings is 1. The van der Waals surface area contributed by atoms with E-state index < -0.39 is 0 Å². The minimum atomic E-state index is -0.147. The Kier molecular flexibility index (Phi) is 8.46. The van der Waals surface area contributed by atoms with Crippen molar-refractivity contribution in [3.63, 3.8) is 0 Å². The van der Waals surface area contributed by atoms with Crippen LogP contribution in [0.5, 0.6) is 5.88 Å². The lowest BCUT2D eigenvalue weighted by Gasteiger charge is -2.27. The summed E-state index contributed by atoms with van der Waals surface area (Å²) in [6, 6.07) is 9.65. The zero-order valence-electron chi connectivity index (χ0n) is 19.6. The van der Waals surface area contributed by atoms with Gasteiger partial charge in [0.1, 0.15) is 0 Å². The number of nitrogens with zero attached hydrogens (tertiary/aromatic N) is 1. The molecule has 0 radical (unpaired) electrons. The van der Waals surface area contributed by atoms with Crippen LogP contribution in [0.4, 0.5) is 5.69 Å². The van der Waals surface area contributed by atoms with Gasteiger partial charge >= 0.3 is 5.97 Å². The van der Waals surface area contributed by atoms with Crippen LogP contribution in [0.1, 0.15) is 49.3 Å². The van der Waals surface area contributed by atoms with Gasteiger partial charge < -0.3 is 20.1 Å². The molecule has 3 rings (SSSR count). The van der Waals surface area contributed by atoms with E-state index in [1.165, 1.54) is 0 Å². The highest BCUT2D eigenvalue weighted by Gasteiger charge is 2.31. The molecule has 0 bridgehead atoms. The Morgan fingerprint density at radius 1 is 1.12 bits per heavy atom. The monoisotopic (exact) mass is 451 g/mol. The number of anilines is 1. The van der Waals surface area contributed by atoms with Crippen LogP contribution in [0.25, 0.3) is 5.70 Å². The van der Waals surface area contributed by atoms with Gasteiger partial charge in [0, 0.05) is 36.0 Å². The SMILES string of the molecule is C=C(NCc1ccc(OC)nc1)c1cc(C)ccc1NC(=O)C1CCC(C(=O)OCC)CC1. The van der Waals surface area contributed by atoms with Crippen LogP contribution >= 0.6 is 0 Å². The zero-order valence-corrected chi connectivity index (χ0v) is 19.6.